The maximum atomic E-state index is 10.9. The van der Waals surface area contributed by atoms with Crippen LogP contribution in [0.25, 0.3) is 0 Å². The van der Waals surface area contributed by atoms with Gasteiger partial charge in [-0.25, -0.2) is 0 Å². The molecule has 0 radical (unpaired) electrons. The molecule has 0 saturated carbocycles. The molecular formula is C13H18N2O3. The summed E-state index contributed by atoms with van der Waals surface area (Å²) in [6, 6.07) is 5.30. The van der Waals surface area contributed by atoms with Crippen molar-refractivity contribution in [3.8, 4) is 5.75 Å². The third-order valence-electron chi connectivity index (χ3n) is 3.07. The molecule has 1 aromatic carbocycles. The lowest BCUT2D eigenvalue weighted by Crippen LogP contribution is -2.39. The maximum absolute atomic E-state index is 10.9. The molecular weight excluding hydrogens is 232 g/mol. The fourth-order valence-corrected chi connectivity index (χ4v) is 2.00. The van der Waals surface area contributed by atoms with Crippen LogP contribution in [-0.2, 0) is 11.2 Å². The number of nitrogens with one attached hydrogen (secondary N) is 2. The molecule has 1 atom stereocenters. The lowest BCUT2D eigenvalue weighted by molar-refractivity contribution is -0.138. The van der Waals surface area contributed by atoms with Crippen molar-refractivity contribution in [1.82, 2.24) is 5.32 Å². The molecule has 98 valence electrons. The summed E-state index contributed by atoms with van der Waals surface area (Å²) in [6.07, 6.45) is 2.05. The Bertz CT molecular complexity index is 434. The van der Waals surface area contributed by atoms with E-state index >= 15 is 0 Å². The molecule has 0 amide bonds. The number of carboxylic acids is 1. The number of aryl methyl sites for hydroxylation is 1. The van der Waals surface area contributed by atoms with Crippen LogP contribution in [0.3, 0.4) is 0 Å². The highest BCUT2D eigenvalue weighted by molar-refractivity contribution is 5.74. The van der Waals surface area contributed by atoms with Gasteiger partial charge in [-0.2, -0.15) is 0 Å². The number of benzene rings is 1. The van der Waals surface area contributed by atoms with Crippen LogP contribution in [0, 0.1) is 0 Å². The zero-order valence-corrected chi connectivity index (χ0v) is 10.4. The van der Waals surface area contributed by atoms with Crippen molar-refractivity contribution in [2.45, 2.75) is 18.9 Å². The summed E-state index contributed by atoms with van der Waals surface area (Å²) >= 11 is 0. The summed E-state index contributed by atoms with van der Waals surface area (Å²) in [6.45, 7) is 1.13. The zero-order valence-electron chi connectivity index (χ0n) is 10.4. The van der Waals surface area contributed by atoms with E-state index in [2.05, 4.69) is 10.6 Å². The lowest BCUT2D eigenvalue weighted by atomic mass is 10.1. The highest BCUT2D eigenvalue weighted by Crippen LogP contribution is 2.27. The number of hydrogen-bond acceptors (Lipinski definition) is 4. The fraction of sp³-hybridized carbons (Fsp3) is 0.462. The van der Waals surface area contributed by atoms with Crippen molar-refractivity contribution in [1.29, 1.82) is 0 Å². The largest absolute Gasteiger partial charge is 0.493 e. The summed E-state index contributed by atoms with van der Waals surface area (Å²) in [5, 5.41) is 14.8. The van der Waals surface area contributed by atoms with E-state index < -0.39 is 12.0 Å². The second-order valence-electron chi connectivity index (χ2n) is 4.33. The predicted molar refractivity (Wildman–Crippen MR) is 69.2 cm³/mol. The first-order valence-electron chi connectivity index (χ1n) is 6.10. The summed E-state index contributed by atoms with van der Waals surface area (Å²) in [5.74, 6) is 0.0847. The van der Waals surface area contributed by atoms with Crippen molar-refractivity contribution in [2.75, 3.05) is 25.5 Å². The molecule has 1 unspecified atom stereocenters. The fourth-order valence-electron chi connectivity index (χ4n) is 2.00. The Morgan fingerprint density at radius 2 is 2.39 bits per heavy atom. The molecule has 0 fully saturated rings. The Balaban J connectivity index is 1.99. The molecule has 1 heterocycles. The van der Waals surface area contributed by atoms with Gasteiger partial charge in [0.15, 0.2) is 0 Å². The van der Waals surface area contributed by atoms with Gasteiger partial charge in [0.05, 0.1) is 6.61 Å². The number of rotatable bonds is 5. The Kier molecular flexibility index (Phi) is 4.04. The zero-order chi connectivity index (χ0) is 13.0. The Morgan fingerprint density at radius 1 is 1.56 bits per heavy atom. The van der Waals surface area contributed by atoms with Crippen molar-refractivity contribution < 1.29 is 14.6 Å². The first kappa shape index (κ1) is 12.7. The SMILES string of the molecule is CNC(CNc1ccc2c(c1)CCCO2)C(=O)O. The van der Waals surface area contributed by atoms with Crippen LogP contribution in [-0.4, -0.2) is 37.3 Å². The van der Waals surface area contributed by atoms with E-state index in [1.165, 1.54) is 5.56 Å². The van der Waals surface area contributed by atoms with Crippen molar-refractivity contribution >= 4 is 11.7 Å². The molecule has 0 bridgehead atoms. The van der Waals surface area contributed by atoms with Crippen LogP contribution in [0.4, 0.5) is 5.69 Å². The monoisotopic (exact) mass is 250 g/mol. The van der Waals surface area contributed by atoms with E-state index in [-0.39, 0.29) is 0 Å². The minimum Gasteiger partial charge on any atom is -0.493 e. The van der Waals surface area contributed by atoms with Gasteiger partial charge in [0.1, 0.15) is 11.8 Å². The molecule has 0 saturated heterocycles. The summed E-state index contributed by atoms with van der Waals surface area (Å²) in [4.78, 5) is 10.9. The van der Waals surface area contributed by atoms with E-state index in [0.717, 1.165) is 30.9 Å². The van der Waals surface area contributed by atoms with Crippen molar-refractivity contribution in [3.63, 3.8) is 0 Å². The summed E-state index contributed by atoms with van der Waals surface area (Å²) in [7, 11) is 1.64. The van der Waals surface area contributed by atoms with Gasteiger partial charge in [0.25, 0.3) is 0 Å². The number of carboxylic acid groups (broad SMARTS) is 1. The quantitative estimate of drug-likeness (QED) is 0.730. The minimum atomic E-state index is -0.855. The van der Waals surface area contributed by atoms with Crippen LogP contribution >= 0.6 is 0 Å². The van der Waals surface area contributed by atoms with Crippen LogP contribution in [0.1, 0.15) is 12.0 Å². The van der Waals surface area contributed by atoms with E-state index in [1.54, 1.807) is 7.05 Å². The minimum absolute atomic E-state index is 0.353. The van der Waals surface area contributed by atoms with Gasteiger partial charge in [-0.15, -0.1) is 0 Å². The maximum Gasteiger partial charge on any atom is 0.322 e. The predicted octanol–water partition coefficient (Wildman–Crippen LogP) is 1.10. The Labute approximate surface area is 106 Å². The molecule has 1 aliphatic heterocycles. The van der Waals surface area contributed by atoms with Gasteiger partial charge in [-0.05, 0) is 43.7 Å². The molecule has 2 rings (SSSR count). The normalized spacial score (nSPS) is 15.4. The molecule has 0 aliphatic carbocycles. The van der Waals surface area contributed by atoms with Gasteiger partial charge >= 0.3 is 5.97 Å². The number of fused-ring (bicyclic) bond motifs is 1. The van der Waals surface area contributed by atoms with Gasteiger partial charge in [-0.3, -0.25) is 4.79 Å². The standard InChI is InChI=1S/C13H18N2O3/c1-14-11(13(16)17)8-15-10-4-5-12-9(7-10)3-2-6-18-12/h4-5,7,11,14-15H,2-3,6,8H2,1H3,(H,16,17). The molecule has 18 heavy (non-hydrogen) atoms. The number of likely N-dealkylation sites (N-methyl/N-ethyl adjacent to an activating group) is 1. The molecule has 5 nitrogen and oxygen atoms in total. The number of anilines is 1. The highest BCUT2D eigenvalue weighted by Gasteiger charge is 2.15. The topological polar surface area (TPSA) is 70.6 Å². The Morgan fingerprint density at radius 3 is 3.11 bits per heavy atom. The second-order valence-corrected chi connectivity index (χ2v) is 4.33. The average Bonchev–Trinajstić information content (AvgIpc) is 2.39. The first-order valence-corrected chi connectivity index (χ1v) is 6.10. The van der Waals surface area contributed by atoms with E-state index in [4.69, 9.17) is 9.84 Å². The number of hydrogen-bond donors (Lipinski definition) is 3. The first-order chi connectivity index (χ1) is 8.70. The van der Waals surface area contributed by atoms with Crippen LogP contribution < -0.4 is 15.4 Å². The van der Waals surface area contributed by atoms with Crippen LogP contribution in [0.2, 0.25) is 0 Å². The van der Waals surface area contributed by atoms with E-state index in [9.17, 15) is 4.79 Å². The smallest absolute Gasteiger partial charge is 0.322 e. The second kappa shape index (κ2) is 5.73. The van der Waals surface area contributed by atoms with Crippen molar-refractivity contribution in [2.24, 2.45) is 0 Å². The summed E-state index contributed by atoms with van der Waals surface area (Å²) in [5.41, 5.74) is 2.11. The van der Waals surface area contributed by atoms with Gasteiger partial charge < -0.3 is 20.5 Å². The molecule has 3 N–H and O–H groups in total. The molecule has 1 aliphatic rings. The number of ether oxygens (including phenoxy) is 1. The molecule has 1 aromatic rings. The lowest BCUT2D eigenvalue weighted by Gasteiger charge is -2.19. The van der Waals surface area contributed by atoms with Crippen molar-refractivity contribution in [3.05, 3.63) is 23.8 Å². The summed E-state index contributed by atoms with van der Waals surface area (Å²) < 4.78 is 5.53. The number of aliphatic carboxylic acids is 1. The van der Waals surface area contributed by atoms with Crippen LogP contribution in [0.15, 0.2) is 18.2 Å². The van der Waals surface area contributed by atoms with Gasteiger partial charge in [0, 0.05) is 12.2 Å². The third-order valence-corrected chi connectivity index (χ3v) is 3.07. The van der Waals surface area contributed by atoms with Gasteiger partial charge in [-0.1, -0.05) is 0 Å². The Hall–Kier alpha value is -1.75. The highest BCUT2D eigenvalue weighted by atomic mass is 16.5. The van der Waals surface area contributed by atoms with E-state index in [0.29, 0.717) is 6.54 Å². The molecule has 0 spiro atoms. The molecule has 5 heteroatoms. The number of carbonyl (C=O) groups is 1. The average molecular weight is 250 g/mol. The third kappa shape index (κ3) is 2.92. The van der Waals surface area contributed by atoms with E-state index in [1.807, 2.05) is 18.2 Å². The van der Waals surface area contributed by atoms with Crippen LogP contribution in [0.5, 0.6) is 5.75 Å². The van der Waals surface area contributed by atoms with Gasteiger partial charge in [0.2, 0.25) is 0 Å². The molecule has 0 aromatic heterocycles.